The number of hydrogen-bond donors (Lipinski definition) is 3. The van der Waals surface area contributed by atoms with Gasteiger partial charge in [-0.05, 0) is 31.6 Å². The summed E-state index contributed by atoms with van der Waals surface area (Å²) >= 11 is 0. The van der Waals surface area contributed by atoms with Crippen molar-refractivity contribution in [1.82, 2.24) is 0 Å². The van der Waals surface area contributed by atoms with Crippen LogP contribution in [0.1, 0.15) is 452 Å². The predicted molar refractivity (Wildman–Crippen MR) is 423 cm³/mol. The fourth-order valence-electron chi connectivity index (χ4n) is 13.1. The van der Waals surface area contributed by atoms with E-state index in [0.29, 0.717) is 25.7 Å². The Hall–Kier alpha value is -1.94. The molecule has 612 valence electrons. The Balaban J connectivity index is 5.16. The van der Waals surface area contributed by atoms with Crippen molar-refractivity contribution in [3.05, 3.63) is 0 Å². The molecule has 0 spiro atoms. The molecule has 3 N–H and O–H groups in total. The summed E-state index contributed by atoms with van der Waals surface area (Å²) in [5, 5.41) is 10.6. The number of phosphoric acid groups is 2. The summed E-state index contributed by atoms with van der Waals surface area (Å²) in [4.78, 5) is 73.0. The van der Waals surface area contributed by atoms with Crippen LogP contribution in [0.5, 0.6) is 0 Å². The third-order valence-electron chi connectivity index (χ3n) is 19.8. The van der Waals surface area contributed by atoms with Gasteiger partial charge in [-0.3, -0.25) is 37.3 Å². The normalized spacial score (nSPS) is 13.8. The second-order valence-electron chi connectivity index (χ2n) is 30.7. The Morgan fingerprint density at radius 2 is 0.447 bits per heavy atom. The lowest BCUT2D eigenvalue weighted by Crippen LogP contribution is -2.30. The second-order valence-corrected chi connectivity index (χ2v) is 33.6. The van der Waals surface area contributed by atoms with E-state index in [2.05, 4.69) is 34.6 Å². The number of aliphatic hydroxyl groups is 1. The molecule has 0 aliphatic rings. The molecule has 0 saturated heterocycles. The van der Waals surface area contributed by atoms with Gasteiger partial charge in [0.25, 0.3) is 0 Å². The van der Waals surface area contributed by atoms with Gasteiger partial charge in [0.05, 0.1) is 26.4 Å². The van der Waals surface area contributed by atoms with E-state index in [0.717, 1.165) is 95.8 Å². The molecule has 17 nitrogen and oxygen atoms in total. The molecule has 0 fully saturated rings. The van der Waals surface area contributed by atoms with Gasteiger partial charge in [-0.1, -0.05) is 401 Å². The highest BCUT2D eigenvalue weighted by atomic mass is 31.2. The second kappa shape index (κ2) is 76.8. The summed E-state index contributed by atoms with van der Waals surface area (Å²) in [6.07, 6.45) is 69.6. The first-order chi connectivity index (χ1) is 50.0. The first-order valence-electron chi connectivity index (χ1n) is 43.6. The topological polar surface area (TPSA) is 237 Å². The number of carbonyl (C=O) groups is 4. The standard InChI is InChI=1S/C84H164O17P2/c1-6-9-12-15-18-21-24-25-26-27-28-29-30-31-36-39-42-45-50-55-60-65-70-84(89)101-80(74-95-82(87)68-63-58-53-49-44-41-38-35-33-32-34-37-40-43-46-51-56-61-66-77(4)5)76-99-103(92,93)97-72-78(85)71-96-102(90,91)98-75-79(100-83(88)69-64-59-54-48-23-20-17-14-11-8-3)73-94-81(86)67-62-57-52-47-22-19-16-13-10-7-2/h77-80,85H,6-76H2,1-5H3,(H,90,91)(H,92,93)/t78-,79+,80+/m0/s1. The molecule has 2 unspecified atom stereocenters. The van der Waals surface area contributed by atoms with Crippen LogP contribution in [0.15, 0.2) is 0 Å². The van der Waals surface area contributed by atoms with Gasteiger partial charge in [-0.25, -0.2) is 9.13 Å². The minimum Gasteiger partial charge on any atom is -0.462 e. The Kier molecular flexibility index (Phi) is 75.4. The van der Waals surface area contributed by atoms with Crippen LogP contribution < -0.4 is 0 Å². The van der Waals surface area contributed by atoms with Crippen molar-refractivity contribution in [3.8, 4) is 0 Å². The molecule has 0 aromatic carbocycles. The van der Waals surface area contributed by atoms with Gasteiger partial charge in [0.2, 0.25) is 0 Å². The summed E-state index contributed by atoms with van der Waals surface area (Å²) < 4.78 is 68.7. The van der Waals surface area contributed by atoms with Gasteiger partial charge < -0.3 is 33.8 Å². The first-order valence-corrected chi connectivity index (χ1v) is 46.6. The third kappa shape index (κ3) is 78.0. The highest BCUT2D eigenvalue weighted by Gasteiger charge is 2.30. The molecular formula is C84H164O17P2. The summed E-state index contributed by atoms with van der Waals surface area (Å²) in [5.41, 5.74) is 0. The molecule has 5 atom stereocenters. The number of carbonyl (C=O) groups excluding carboxylic acids is 4. The molecule has 0 radical (unpaired) electrons. The number of hydrogen-bond acceptors (Lipinski definition) is 15. The molecule has 0 amide bonds. The summed E-state index contributed by atoms with van der Waals surface area (Å²) in [7, 11) is -9.92. The third-order valence-corrected chi connectivity index (χ3v) is 21.7. The van der Waals surface area contributed by atoms with Crippen LogP contribution in [-0.4, -0.2) is 96.7 Å². The SMILES string of the molecule is CCCCCCCCCCCCCCCCCCCCCCCCC(=O)O[C@H](COC(=O)CCCCCCCCCCCCCCCCCCCCC(C)C)COP(=O)(O)OC[C@@H](O)COP(=O)(O)OC[C@@H](COC(=O)CCCCCCCCCCCC)OC(=O)CCCCCCCCCCCC. The van der Waals surface area contributed by atoms with Crippen LogP contribution in [-0.2, 0) is 65.4 Å². The van der Waals surface area contributed by atoms with Gasteiger partial charge in [0.1, 0.15) is 19.3 Å². The lowest BCUT2D eigenvalue weighted by molar-refractivity contribution is -0.161. The van der Waals surface area contributed by atoms with E-state index >= 15 is 0 Å². The number of ether oxygens (including phenoxy) is 4. The zero-order valence-corrected chi connectivity index (χ0v) is 69.3. The van der Waals surface area contributed by atoms with Crippen LogP contribution in [0.2, 0.25) is 0 Å². The van der Waals surface area contributed by atoms with Crippen LogP contribution in [0.4, 0.5) is 0 Å². The van der Waals surface area contributed by atoms with Crippen molar-refractivity contribution in [2.75, 3.05) is 39.6 Å². The molecule has 0 aromatic heterocycles. The quantitative estimate of drug-likeness (QED) is 0.0222. The van der Waals surface area contributed by atoms with Crippen LogP contribution in [0.25, 0.3) is 0 Å². The molecule has 0 aromatic rings. The van der Waals surface area contributed by atoms with Crippen molar-refractivity contribution in [2.45, 2.75) is 470 Å². The van der Waals surface area contributed by atoms with Crippen molar-refractivity contribution in [2.24, 2.45) is 5.92 Å². The molecule has 0 aliphatic heterocycles. The molecule has 0 bridgehead atoms. The van der Waals surface area contributed by atoms with Gasteiger partial charge >= 0.3 is 39.5 Å². The van der Waals surface area contributed by atoms with E-state index in [-0.39, 0.29) is 25.7 Å². The van der Waals surface area contributed by atoms with Crippen molar-refractivity contribution in [3.63, 3.8) is 0 Å². The fourth-order valence-corrected chi connectivity index (χ4v) is 14.7. The van der Waals surface area contributed by atoms with Gasteiger partial charge in [-0.2, -0.15) is 0 Å². The van der Waals surface area contributed by atoms with Crippen molar-refractivity contribution in [1.29, 1.82) is 0 Å². The summed E-state index contributed by atoms with van der Waals surface area (Å²) in [6, 6.07) is 0. The number of unbranched alkanes of at least 4 members (excludes halogenated alkanes) is 56. The Bertz CT molecular complexity index is 1960. The van der Waals surface area contributed by atoms with Gasteiger partial charge in [0.15, 0.2) is 12.2 Å². The minimum atomic E-state index is -4.96. The zero-order chi connectivity index (χ0) is 75.5. The van der Waals surface area contributed by atoms with E-state index in [1.165, 1.54) is 276 Å². The fraction of sp³-hybridized carbons (Fsp3) is 0.952. The number of rotatable bonds is 84. The minimum absolute atomic E-state index is 0.107. The van der Waals surface area contributed by atoms with Crippen LogP contribution in [0.3, 0.4) is 0 Å². The van der Waals surface area contributed by atoms with E-state index in [4.69, 9.17) is 37.0 Å². The largest absolute Gasteiger partial charge is 0.472 e. The first kappa shape index (κ1) is 101. The van der Waals surface area contributed by atoms with Gasteiger partial charge in [0, 0.05) is 25.7 Å². The maximum atomic E-state index is 13.1. The lowest BCUT2D eigenvalue weighted by Gasteiger charge is -2.21. The van der Waals surface area contributed by atoms with E-state index in [1.807, 2.05) is 0 Å². The molecule has 19 heteroatoms. The molecule has 103 heavy (non-hydrogen) atoms. The monoisotopic (exact) mass is 1510 g/mol. The smallest absolute Gasteiger partial charge is 0.462 e. The number of phosphoric ester groups is 2. The summed E-state index contributed by atoms with van der Waals surface area (Å²) in [5.74, 6) is -1.28. The highest BCUT2D eigenvalue weighted by molar-refractivity contribution is 7.47. The Morgan fingerprint density at radius 1 is 0.262 bits per heavy atom. The average molecular weight is 1510 g/mol. The van der Waals surface area contributed by atoms with Crippen molar-refractivity contribution < 1.29 is 80.2 Å². The van der Waals surface area contributed by atoms with Crippen LogP contribution in [0, 0.1) is 5.92 Å². The highest BCUT2D eigenvalue weighted by Crippen LogP contribution is 2.45. The Morgan fingerprint density at radius 3 is 0.660 bits per heavy atom. The molecular weight excluding hydrogens is 1340 g/mol. The van der Waals surface area contributed by atoms with E-state index in [1.54, 1.807) is 0 Å². The van der Waals surface area contributed by atoms with Crippen LogP contribution >= 0.6 is 15.6 Å². The van der Waals surface area contributed by atoms with Crippen molar-refractivity contribution >= 4 is 39.5 Å². The molecule has 0 aliphatic carbocycles. The molecule has 0 rings (SSSR count). The molecule has 0 heterocycles. The number of aliphatic hydroxyl groups excluding tert-OH is 1. The van der Waals surface area contributed by atoms with Gasteiger partial charge in [-0.15, -0.1) is 0 Å². The zero-order valence-electron chi connectivity index (χ0n) is 67.5. The lowest BCUT2D eigenvalue weighted by atomic mass is 10.0. The average Bonchev–Trinajstić information content (AvgIpc) is 0.912. The Labute approximate surface area is 632 Å². The summed E-state index contributed by atoms with van der Waals surface area (Å²) in [6.45, 7) is 7.36. The predicted octanol–water partition coefficient (Wildman–Crippen LogP) is 25.6. The van der Waals surface area contributed by atoms with E-state index in [9.17, 15) is 43.2 Å². The molecule has 0 saturated carbocycles. The maximum Gasteiger partial charge on any atom is 0.472 e. The van der Waals surface area contributed by atoms with E-state index < -0.39 is 97.5 Å². The number of esters is 4. The maximum absolute atomic E-state index is 13.1.